The van der Waals surface area contributed by atoms with Crippen LogP contribution in [0.2, 0.25) is 0 Å². The molecule has 1 N–H and O–H groups in total. The van der Waals surface area contributed by atoms with Crippen LogP contribution in [0.3, 0.4) is 0 Å². The van der Waals surface area contributed by atoms with E-state index in [0.29, 0.717) is 17.4 Å². The van der Waals surface area contributed by atoms with Crippen molar-refractivity contribution in [3.63, 3.8) is 0 Å². The molecule has 2 rings (SSSR count). The van der Waals surface area contributed by atoms with Gasteiger partial charge in [0.1, 0.15) is 17.3 Å². The first-order chi connectivity index (χ1) is 9.51. The van der Waals surface area contributed by atoms with Crippen LogP contribution in [0.15, 0.2) is 0 Å². The highest BCUT2D eigenvalue weighted by Crippen LogP contribution is 2.27. The summed E-state index contributed by atoms with van der Waals surface area (Å²) in [6.45, 7) is 6.38. The second kappa shape index (κ2) is 6.38. The number of amides is 1. The third kappa shape index (κ3) is 3.38. The lowest BCUT2D eigenvalue weighted by Crippen LogP contribution is -2.14. The molecule has 0 aromatic carbocycles. The van der Waals surface area contributed by atoms with Crippen molar-refractivity contribution in [2.24, 2.45) is 0 Å². The summed E-state index contributed by atoms with van der Waals surface area (Å²) in [4.78, 5) is 17.6. The highest BCUT2D eigenvalue weighted by Gasteiger charge is 2.20. The van der Waals surface area contributed by atoms with Crippen molar-refractivity contribution in [1.82, 2.24) is 15.2 Å². The van der Waals surface area contributed by atoms with E-state index >= 15 is 0 Å². The van der Waals surface area contributed by atoms with Gasteiger partial charge in [-0.2, -0.15) is 0 Å². The molecule has 20 heavy (non-hydrogen) atoms. The molecule has 108 valence electrons. The lowest BCUT2D eigenvalue weighted by Gasteiger charge is -2.04. The summed E-state index contributed by atoms with van der Waals surface area (Å²) < 4.78 is 4.97. The first-order valence-corrected chi connectivity index (χ1v) is 7.74. The molecule has 6 nitrogen and oxygen atoms in total. The average Bonchev–Trinajstić information content (AvgIpc) is 2.96. The van der Waals surface area contributed by atoms with Gasteiger partial charge in [-0.3, -0.25) is 10.1 Å². The summed E-state index contributed by atoms with van der Waals surface area (Å²) in [7, 11) is 1.59. The molecule has 0 unspecified atom stereocenters. The SMILES string of the molecule is COCc1nnc(NC(=O)c2nc(C)sc2C(C)C)s1. The summed E-state index contributed by atoms with van der Waals surface area (Å²) in [5.41, 5.74) is 0.478. The van der Waals surface area contributed by atoms with Crippen molar-refractivity contribution < 1.29 is 9.53 Å². The number of carbonyl (C=O) groups excluding carboxylic acids is 1. The Labute approximate surface area is 125 Å². The minimum absolute atomic E-state index is 0.238. The third-order valence-electron chi connectivity index (χ3n) is 2.45. The first kappa shape index (κ1) is 15.0. The fourth-order valence-corrected chi connectivity index (χ4v) is 3.27. The Morgan fingerprint density at radius 2 is 2.10 bits per heavy atom. The third-order valence-corrected chi connectivity index (χ3v) is 4.54. The zero-order valence-corrected chi connectivity index (χ0v) is 13.4. The molecule has 0 aliphatic heterocycles. The van der Waals surface area contributed by atoms with E-state index in [4.69, 9.17) is 4.74 Å². The number of methoxy groups -OCH3 is 1. The molecule has 0 bridgehead atoms. The van der Waals surface area contributed by atoms with Crippen molar-refractivity contribution in [3.8, 4) is 0 Å². The minimum Gasteiger partial charge on any atom is -0.377 e. The molecular weight excluding hydrogens is 296 g/mol. The Morgan fingerprint density at radius 3 is 2.75 bits per heavy atom. The van der Waals surface area contributed by atoms with Crippen LogP contribution in [0.1, 0.15) is 45.1 Å². The highest BCUT2D eigenvalue weighted by atomic mass is 32.1. The van der Waals surface area contributed by atoms with Gasteiger partial charge in [0, 0.05) is 12.0 Å². The van der Waals surface area contributed by atoms with Crippen LogP contribution in [0.5, 0.6) is 0 Å². The molecule has 2 heterocycles. The van der Waals surface area contributed by atoms with Crippen LogP contribution >= 0.6 is 22.7 Å². The summed E-state index contributed by atoms with van der Waals surface area (Å²) in [6.07, 6.45) is 0. The van der Waals surface area contributed by atoms with Gasteiger partial charge >= 0.3 is 0 Å². The second-order valence-corrected chi connectivity index (χ2v) is 6.79. The summed E-state index contributed by atoms with van der Waals surface area (Å²) in [5.74, 6) is 0.0265. The molecule has 2 aromatic rings. The van der Waals surface area contributed by atoms with Gasteiger partial charge in [-0.25, -0.2) is 4.98 Å². The lowest BCUT2D eigenvalue weighted by molar-refractivity contribution is 0.102. The highest BCUT2D eigenvalue weighted by molar-refractivity contribution is 7.15. The number of rotatable bonds is 5. The predicted molar refractivity (Wildman–Crippen MR) is 79.5 cm³/mol. The molecule has 2 aromatic heterocycles. The van der Waals surface area contributed by atoms with Gasteiger partial charge in [-0.05, 0) is 12.8 Å². The molecule has 0 fully saturated rings. The number of hydrogen-bond donors (Lipinski definition) is 1. The molecule has 8 heteroatoms. The van der Waals surface area contributed by atoms with Crippen LogP contribution in [-0.2, 0) is 11.3 Å². The maximum atomic E-state index is 12.3. The normalized spacial score (nSPS) is 11.1. The van der Waals surface area contributed by atoms with E-state index in [-0.39, 0.29) is 11.8 Å². The van der Waals surface area contributed by atoms with Gasteiger partial charge in [0.05, 0.1) is 5.01 Å². The van der Waals surface area contributed by atoms with Gasteiger partial charge in [0.15, 0.2) is 0 Å². The van der Waals surface area contributed by atoms with Crippen molar-refractivity contribution in [2.45, 2.75) is 33.3 Å². The first-order valence-electron chi connectivity index (χ1n) is 6.11. The van der Waals surface area contributed by atoms with Crippen molar-refractivity contribution >= 4 is 33.7 Å². The molecule has 0 radical (unpaired) electrons. The number of anilines is 1. The van der Waals surface area contributed by atoms with Crippen molar-refractivity contribution in [3.05, 3.63) is 20.6 Å². The largest absolute Gasteiger partial charge is 0.377 e. The summed E-state index contributed by atoms with van der Waals surface area (Å²) in [5, 5.41) is 12.6. The molecule has 1 amide bonds. The number of thiazole rings is 1. The van der Waals surface area contributed by atoms with E-state index in [2.05, 4.69) is 20.5 Å². The molecule has 0 atom stereocenters. The van der Waals surface area contributed by atoms with Crippen molar-refractivity contribution in [2.75, 3.05) is 12.4 Å². The molecule has 0 spiro atoms. The van der Waals surface area contributed by atoms with Gasteiger partial charge in [-0.15, -0.1) is 21.5 Å². The van der Waals surface area contributed by atoms with Crippen LogP contribution in [0.4, 0.5) is 5.13 Å². The second-order valence-electron chi connectivity index (χ2n) is 4.49. The average molecular weight is 312 g/mol. The van der Waals surface area contributed by atoms with Crippen LogP contribution in [0, 0.1) is 6.92 Å². The molecular formula is C12H16N4O2S2. The maximum Gasteiger partial charge on any atom is 0.277 e. The van der Waals surface area contributed by atoms with E-state index in [9.17, 15) is 4.79 Å². The number of aryl methyl sites for hydroxylation is 1. The topological polar surface area (TPSA) is 77.0 Å². The lowest BCUT2D eigenvalue weighted by atomic mass is 10.1. The van der Waals surface area contributed by atoms with E-state index in [1.165, 1.54) is 11.3 Å². The van der Waals surface area contributed by atoms with E-state index < -0.39 is 0 Å². The molecule has 0 aliphatic carbocycles. The fourth-order valence-electron chi connectivity index (χ4n) is 1.64. The van der Waals surface area contributed by atoms with Gasteiger partial charge in [-0.1, -0.05) is 25.2 Å². The number of ether oxygens (including phenoxy) is 1. The Morgan fingerprint density at radius 1 is 1.35 bits per heavy atom. The smallest absolute Gasteiger partial charge is 0.277 e. The number of carbonyl (C=O) groups is 1. The standard InChI is InChI=1S/C12H16N4O2S2/c1-6(2)10-9(13-7(3)19-10)11(17)14-12-16-15-8(20-12)5-18-4/h6H,5H2,1-4H3,(H,14,16,17). The summed E-state index contributed by atoms with van der Waals surface area (Å²) >= 11 is 2.85. The van der Waals surface area contributed by atoms with E-state index in [0.717, 1.165) is 14.9 Å². The molecule has 0 saturated carbocycles. The zero-order chi connectivity index (χ0) is 14.7. The quantitative estimate of drug-likeness (QED) is 0.918. The Bertz CT molecular complexity index is 606. The Balaban J connectivity index is 2.15. The van der Waals surface area contributed by atoms with Gasteiger partial charge < -0.3 is 4.74 Å². The zero-order valence-electron chi connectivity index (χ0n) is 11.8. The Kier molecular flexibility index (Phi) is 4.79. The monoisotopic (exact) mass is 312 g/mol. The number of aromatic nitrogens is 3. The number of nitrogens with one attached hydrogen (secondary N) is 1. The molecule has 0 saturated heterocycles. The number of hydrogen-bond acceptors (Lipinski definition) is 7. The molecule has 0 aliphatic rings. The predicted octanol–water partition coefficient (Wildman–Crippen LogP) is 2.83. The minimum atomic E-state index is -0.238. The van der Waals surface area contributed by atoms with Crippen LogP contribution in [0.25, 0.3) is 0 Å². The van der Waals surface area contributed by atoms with Crippen LogP contribution in [-0.4, -0.2) is 28.2 Å². The van der Waals surface area contributed by atoms with Crippen LogP contribution < -0.4 is 5.32 Å². The van der Waals surface area contributed by atoms with E-state index in [1.807, 2.05) is 20.8 Å². The van der Waals surface area contributed by atoms with Crippen molar-refractivity contribution in [1.29, 1.82) is 0 Å². The number of nitrogens with zero attached hydrogens (tertiary/aromatic N) is 3. The fraction of sp³-hybridized carbons (Fsp3) is 0.500. The van der Waals surface area contributed by atoms with Gasteiger partial charge in [0.25, 0.3) is 5.91 Å². The maximum absolute atomic E-state index is 12.3. The summed E-state index contributed by atoms with van der Waals surface area (Å²) in [6, 6.07) is 0. The van der Waals surface area contributed by atoms with Gasteiger partial charge in [0.2, 0.25) is 5.13 Å². The Hall–Kier alpha value is -1.38. The van der Waals surface area contributed by atoms with E-state index in [1.54, 1.807) is 18.4 Å².